The van der Waals surface area contributed by atoms with Gasteiger partial charge in [-0.25, -0.2) is 8.78 Å². The summed E-state index contributed by atoms with van der Waals surface area (Å²) in [4.78, 5) is 0. The standard InChI is InChI=1S/C11H15F2NO/c1-11(7-14,10(12)13)6-8-3-2-4-9(15)5-8/h2-5,10,15H,6-7,14H2,1H3. The molecule has 1 atom stereocenters. The molecule has 0 aliphatic carbocycles. The molecule has 1 unspecified atom stereocenters. The van der Waals surface area contributed by atoms with Gasteiger partial charge in [0.2, 0.25) is 6.43 Å². The van der Waals surface area contributed by atoms with Gasteiger partial charge in [0, 0.05) is 12.0 Å². The van der Waals surface area contributed by atoms with Gasteiger partial charge in [0.05, 0.1) is 0 Å². The molecule has 0 aromatic heterocycles. The quantitative estimate of drug-likeness (QED) is 0.808. The van der Waals surface area contributed by atoms with E-state index in [1.807, 2.05) is 0 Å². The Balaban J connectivity index is 2.84. The van der Waals surface area contributed by atoms with E-state index in [2.05, 4.69) is 0 Å². The third-order valence-corrected chi connectivity index (χ3v) is 2.51. The number of rotatable bonds is 4. The second-order valence-corrected chi connectivity index (χ2v) is 4.01. The zero-order valence-corrected chi connectivity index (χ0v) is 8.58. The maximum absolute atomic E-state index is 12.7. The molecule has 0 radical (unpaired) electrons. The minimum Gasteiger partial charge on any atom is -0.508 e. The SMILES string of the molecule is CC(CN)(Cc1cccc(O)c1)C(F)F. The molecule has 84 valence electrons. The first-order valence-corrected chi connectivity index (χ1v) is 4.74. The van der Waals surface area contributed by atoms with Gasteiger partial charge in [0.1, 0.15) is 5.75 Å². The van der Waals surface area contributed by atoms with Crippen molar-refractivity contribution in [2.24, 2.45) is 11.1 Å². The van der Waals surface area contributed by atoms with Crippen molar-refractivity contribution in [1.82, 2.24) is 0 Å². The van der Waals surface area contributed by atoms with Crippen molar-refractivity contribution >= 4 is 0 Å². The lowest BCUT2D eigenvalue weighted by Crippen LogP contribution is -2.36. The summed E-state index contributed by atoms with van der Waals surface area (Å²) >= 11 is 0. The van der Waals surface area contributed by atoms with E-state index in [-0.39, 0.29) is 18.7 Å². The first kappa shape index (κ1) is 11.9. The second kappa shape index (κ2) is 4.57. The fourth-order valence-corrected chi connectivity index (χ4v) is 1.37. The molecule has 0 saturated heterocycles. The Morgan fingerprint density at radius 3 is 2.60 bits per heavy atom. The van der Waals surface area contributed by atoms with Gasteiger partial charge >= 0.3 is 0 Å². The third kappa shape index (κ3) is 2.89. The van der Waals surface area contributed by atoms with Gasteiger partial charge in [-0.2, -0.15) is 0 Å². The molecule has 0 spiro atoms. The monoisotopic (exact) mass is 215 g/mol. The van der Waals surface area contributed by atoms with E-state index in [4.69, 9.17) is 5.73 Å². The molecule has 0 bridgehead atoms. The molecule has 0 saturated carbocycles. The van der Waals surface area contributed by atoms with Crippen molar-refractivity contribution in [2.75, 3.05) is 6.54 Å². The zero-order valence-electron chi connectivity index (χ0n) is 8.58. The Hall–Kier alpha value is -1.16. The van der Waals surface area contributed by atoms with E-state index in [1.165, 1.54) is 19.1 Å². The van der Waals surface area contributed by atoms with Gasteiger partial charge in [0.25, 0.3) is 0 Å². The number of benzene rings is 1. The van der Waals surface area contributed by atoms with Crippen LogP contribution < -0.4 is 5.73 Å². The Labute approximate surface area is 87.7 Å². The van der Waals surface area contributed by atoms with Gasteiger partial charge in [-0.05, 0) is 24.1 Å². The van der Waals surface area contributed by atoms with E-state index in [0.29, 0.717) is 5.56 Å². The van der Waals surface area contributed by atoms with Crippen LogP contribution >= 0.6 is 0 Å². The van der Waals surface area contributed by atoms with Crippen LogP contribution in [0.15, 0.2) is 24.3 Å². The zero-order chi connectivity index (χ0) is 11.5. The molecule has 0 amide bonds. The highest BCUT2D eigenvalue weighted by Gasteiger charge is 2.33. The first-order valence-electron chi connectivity index (χ1n) is 4.74. The average Bonchev–Trinajstić information content (AvgIpc) is 2.17. The molecule has 0 aliphatic heterocycles. The number of phenols is 1. The molecule has 1 rings (SSSR count). The second-order valence-electron chi connectivity index (χ2n) is 4.01. The summed E-state index contributed by atoms with van der Waals surface area (Å²) in [7, 11) is 0. The predicted molar refractivity (Wildman–Crippen MR) is 55.0 cm³/mol. The number of hydrogen-bond donors (Lipinski definition) is 2. The molecule has 0 heterocycles. The van der Waals surface area contributed by atoms with Crippen molar-refractivity contribution < 1.29 is 13.9 Å². The Kier molecular flexibility index (Phi) is 3.63. The highest BCUT2D eigenvalue weighted by Crippen LogP contribution is 2.29. The molecular formula is C11H15F2NO. The first-order chi connectivity index (χ1) is 6.98. The molecule has 1 aromatic carbocycles. The normalized spacial score (nSPS) is 15.3. The van der Waals surface area contributed by atoms with Gasteiger partial charge in [-0.1, -0.05) is 19.1 Å². The van der Waals surface area contributed by atoms with E-state index < -0.39 is 11.8 Å². The lowest BCUT2D eigenvalue weighted by molar-refractivity contribution is 0.0132. The fraction of sp³-hybridized carbons (Fsp3) is 0.455. The average molecular weight is 215 g/mol. The van der Waals surface area contributed by atoms with Gasteiger partial charge in [0.15, 0.2) is 0 Å². The summed E-state index contributed by atoms with van der Waals surface area (Å²) in [5.41, 5.74) is 4.79. The highest BCUT2D eigenvalue weighted by molar-refractivity contribution is 5.28. The third-order valence-electron chi connectivity index (χ3n) is 2.51. The number of hydrogen-bond acceptors (Lipinski definition) is 2. The van der Waals surface area contributed by atoms with E-state index in [9.17, 15) is 13.9 Å². The summed E-state index contributed by atoms with van der Waals surface area (Å²) in [5, 5.41) is 9.20. The van der Waals surface area contributed by atoms with Crippen molar-refractivity contribution in [3.8, 4) is 5.75 Å². The molecule has 2 nitrogen and oxygen atoms in total. The number of nitrogens with two attached hydrogens (primary N) is 1. The van der Waals surface area contributed by atoms with Crippen molar-refractivity contribution in [2.45, 2.75) is 19.8 Å². The minimum atomic E-state index is -2.47. The van der Waals surface area contributed by atoms with Gasteiger partial charge in [-0.15, -0.1) is 0 Å². The highest BCUT2D eigenvalue weighted by atomic mass is 19.3. The molecule has 0 fully saturated rings. The van der Waals surface area contributed by atoms with Crippen LogP contribution in [0.5, 0.6) is 5.75 Å². The Bertz CT molecular complexity index is 330. The number of phenolic OH excluding ortho intramolecular Hbond substituents is 1. The molecule has 3 N–H and O–H groups in total. The number of aromatic hydroxyl groups is 1. The molecule has 4 heteroatoms. The van der Waals surface area contributed by atoms with E-state index in [0.717, 1.165) is 0 Å². The summed E-state index contributed by atoms with van der Waals surface area (Å²) in [5.74, 6) is 0.0844. The van der Waals surface area contributed by atoms with Crippen LogP contribution in [0.1, 0.15) is 12.5 Å². The molecule has 1 aromatic rings. The van der Waals surface area contributed by atoms with Gasteiger partial charge < -0.3 is 10.8 Å². The van der Waals surface area contributed by atoms with Crippen LogP contribution in [-0.4, -0.2) is 18.1 Å². The van der Waals surface area contributed by atoms with Crippen molar-refractivity contribution in [1.29, 1.82) is 0 Å². The van der Waals surface area contributed by atoms with E-state index >= 15 is 0 Å². The predicted octanol–water partition coefficient (Wildman–Crippen LogP) is 2.16. The summed E-state index contributed by atoms with van der Waals surface area (Å²) in [6.45, 7) is 1.36. The number of alkyl halides is 2. The maximum Gasteiger partial charge on any atom is 0.245 e. The molecule has 0 aliphatic rings. The Morgan fingerprint density at radius 1 is 1.47 bits per heavy atom. The maximum atomic E-state index is 12.7. The van der Waals surface area contributed by atoms with Crippen LogP contribution in [0.3, 0.4) is 0 Å². The van der Waals surface area contributed by atoms with Crippen LogP contribution in [0.2, 0.25) is 0 Å². The van der Waals surface area contributed by atoms with Crippen molar-refractivity contribution in [3.63, 3.8) is 0 Å². The lowest BCUT2D eigenvalue weighted by Gasteiger charge is -2.26. The fourth-order valence-electron chi connectivity index (χ4n) is 1.37. The molecular weight excluding hydrogens is 200 g/mol. The number of halogens is 2. The van der Waals surface area contributed by atoms with E-state index in [1.54, 1.807) is 12.1 Å². The van der Waals surface area contributed by atoms with Crippen LogP contribution in [0.4, 0.5) is 8.78 Å². The van der Waals surface area contributed by atoms with Crippen LogP contribution in [-0.2, 0) is 6.42 Å². The van der Waals surface area contributed by atoms with Crippen LogP contribution in [0, 0.1) is 5.41 Å². The lowest BCUT2D eigenvalue weighted by atomic mass is 9.84. The van der Waals surface area contributed by atoms with Gasteiger partial charge in [-0.3, -0.25) is 0 Å². The molecule has 15 heavy (non-hydrogen) atoms. The summed E-state index contributed by atoms with van der Waals surface area (Å²) < 4.78 is 25.5. The minimum absolute atomic E-state index is 0.0830. The topological polar surface area (TPSA) is 46.2 Å². The van der Waals surface area contributed by atoms with Crippen LogP contribution in [0.25, 0.3) is 0 Å². The summed E-state index contributed by atoms with van der Waals surface area (Å²) in [6, 6.07) is 6.32. The largest absolute Gasteiger partial charge is 0.508 e. The Morgan fingerprint density at radius 2 is 2.13 bits per heavy atom. The summed E-state index contributed by atoms with van der Waals surface area (Å²) in [6.07, 6.45) is -2.31. The smallest absolute Gasteiger partial charge is 0.245 e. The van der Waals surface area contributed by atoms with Crippen molar-refractivity contribution in [3.05, 3.63) is 29.8 Å².